The summed E-state index contributed by atoms with van der Waals surface area (Å²) in [6, 6.07) is 9.95. The quantitative estimate of drug-likeness (QED) is 0.653. The number of rotatable bonds is 4. The molecule has 0 saturated carbocycles. The van der Waals surface area contributed by atoms with Crippen molar-refractivity contribution in [3.05, 3.63) is 53.4 Å². The fourth-order valence-corrected chi connectivity index (χ4v) is 3.87. The first-order valence-electron chi connectivity index (χ1n) is 9.05. The molecule has 1 atom stereocenters. The number of para-hydroxylation sites is 1. The maximum absolute atomic E-state index is 8.26. The number of pyridine rings is 1. The zero-order chi connectivity index (χ0) is 18.4. The van der Waals surface area contributed by atoms with Crippen LogP contribution in [-0.2, 0) is 13.1 Å². The number of anilines is 1. The largest absolute Gasteiger partial charge is 0.494 e. The molecule has 0 fully saturated rings. The number of hydrogen-bond acceptors (Lipinski definition) is 7. The summed E-state index contributed by atoms with van der Waals surface area (Å²) in [4.78, 5) is 11.3. The predicted octanol–water partition coefficient (Wildman–Crippen LogP) is 1.62. The average molecular weight is 363 g/mol. The van der Waals surface area contributed by atoms with Crippen molar-refractivity contribution in [3.8, 4) is 5.75 Å². The van der Waals surface area contributed by atoms with Gasteiger partial charge in [0.05, 0.1) is 12.8 Å². The molecule has 2 aromatic heterocycles. The SMILES string of the molecule is COc1cccc2c3n(c(=N)nc12)NC(CCN1Cc2cccnc2C1)N3. The molecule has 1 aromatic carbocycles. The van der Waals surface area contributed by atoms with Crippen molar-refractivity contribution in [2.45, 2.75) is 25.7 Å². The van der Waals surface area contributed by atoms with E-state index < -0.39 is 0 Å². The van der Waals surface area contributed by atoms with Crippen LogP contribution in [0.15, 0.2) is 36.5 Å². The van der Waals surface area contributed by atoms with Crippen molar-refractivity contribution in [3.63, 3.8) is 0 Å². The van der Waals surface area contributed by atoms with Crippen molar-refractivity contribution < 1.29 is 4.74 Å². The summed E-state index contributed by atoms with van der Waals surface area (Å²) in [5, 5.41) is 12.7. The minimum atomic E-state index is 0.0457. The first-order valence-corrected chi connectivity index (χ1v) is 9.05. The Morgan fingerprint density at radius 2 is 2.19 bits per heavy atom. The summed E-state index contributed by atoms with van der Waals surface area (Å²) in [6.45, 7) is 2.79. The molecule has 8 nitrogen and oxygen atoms in total. The van der Waals surface area contributed by atoms with Crippen molar-refractivity contribution in [2.75, 3.05) is 24.4 Å². The van der Waals surface area contributed by atoms with E-state index in [1.165, 1.54) is 11.3 Å². The molecule has 0 saturated heterocycles. The zero-order valence-electron chi connectivity index (χ0n) is 15.1. The third-order valence-electron chi connectivity index (χ3n) is 5.21. The molecule has 0 bridgehead atoms. The smallest absolute Gasteiger partial charge is 0.243 e. The number of aromatic nitrogens is 3. The molecular formula is C19H21N7O. The monoisotopic (exact) mass is 363 g/mol. The van der Waals surface area contributed by atoms with E-state index in [1.807, 2.05) is 30.5 Å². The number of fused-ring (bicyclic) bond motifs is 4. The number of nitrogens with one attached hydrogen (secondary N) is 3. The zero-order valence-corrected chi connectivity index (χ0v) is 15.1. The van der Waals surface area contributed by atoms with Gasteiger partial charge in [0, 0.05) is 37.6 Å². The molecule has 1 unspecified atom stereocenters. The van der Waals surface area contributed by atoms with E-state index in [2.05, 4.69) is 31.7 Å². The molecule has 3 N–H and O–H groups in total. The standard InChI is InChI=1S/C19H21N7O/c1-27-15-6-2-5-13-17(15)23-19(20)26-18(13)22-16(24-26)7-9-25-10-12-4-3-8-21-14(12)11-25/h2-6,8,16,20,22,24H,7,9-11H2,1H3. The van der Waals surface area contributed by atoms with Gasteiger partial charge in [0.25, 0.3) is 0 Å². The Morgan fingerprint density at radius 3 is 3.04 bits per heavy atom. The van der Waals surface area contributed by atoms with Gasteiger partial charge in [-0.2, -0.15) is 0 Å². The Bertz CT molecular complexity index is 1050. The van der Waals surface area contributed by atoms with Gasteiger partial charge in [-0.15, -0.1) is 0 Å². The number of hydrogen-bond donors (Lipinski definition) is 3. The highest BCUT2D eigenvalue weighted by atomic mass is 16.5. The first-order chi connectivity index (χ1) is 13.2. The second-order valence-corrected chi connectivity index (χ2v) is 6.91. The van der Waals surface area contributed by atoms with Crippen LogP contribution in [-0.4, -0.2) is 39.4 Å². The van der Waals surface area contributed by atoms with Crippen LogP contribution in [0, 0.1) is 5.41 Å². The lowest BCUT2D eigenvalue weighted by Crippen LogP contribution is -2.34. The van der Waals surface area contributed by atoms with Crippen LogP contribution in [0.25, 0.3) is 10.9 Å². The van der Waals surface area contributed by atoms with Gasteiger partial charge in [-0.1, -0.05) is 12.1 Å². The molecule has 0 aliphatic carbocycles. The summed E-state index contributed by atoms with van der Waals surface area (Å²) >= 11 is 0. The molecule has 0 amide bonds. The van der Waals surface area contributed by atoms with Crippen LogP contribution in [0.2, 0.25) is 0 Å². The highest BCUT2D eigenvalue weighted by Crippen LogP contribution is 2.30. The third-order valence-corrected chi connectivity index (χ3v) is 5.21. The fourth-order valence-electron chi connectivity index (χ4n) is 3.87. The maximum atomic E-state index is 8.26. The van der Waals surface area contributed by atoms with E-state index in [1.54, 1.807) is 11.8 Å². The average Bonchev–Trinajstić information content (AvgIpc) is 3.30. The Kier molecular flexibility index (Phi) is 3.71. The van der Waals surface area contributed by atoms with Crippen LogP contribution in [0.3, 0.4) is 0 Å². The van der Waals surface area contributed by atoms with Crippen LogP contribution in [0.1, 0.15) is 17.7 Å². The third kappa shape index (κ3) is 2.69. The lowest BCUT2D eigenvalue weighted by Gasteiger charge is -2.18. The normalized spacial score (nSPS) is 18.0. The second kappa shape index (κ2) is 6.24. The number of benzene rings is 1. The first kappa shape index (κ1) is 16.1. The lowest BCUT2D eigenvalue weighted by atomic mass is 10.2. The Labute approximate surface area is 156 Å². The fraction of sp³-hybridized carbons (Fsp3) is 0.316. The summed E-state index contributed by atoms with van der Waals surface area (Å²) < 4.78 is 7.11. The molecule has 2 aliphatic rings. The van der Waals surface area contributed by atoms with Gasteiger partial charge in [0.1, 0.15) is 23.2 Å². The van der Waals surface area contributed by atoms with Gasteiger partial charge in [-0.05, 0) is 23.8 Å². The van der Waals surface area contributed by atoms with Gasteiger partial charge < -0.3 is 10.1 Å². The highest BCUT2D eigenvalue weighted by molar-refractivity contribution is 5.93. The Morgan fingerprint density at radius 1 is 1.26 bits per heavy atom. The van der Waals surface area contributed by atoms with Crippen LogP contribution >= 0.6 is 0 Å². The van der Waals surface area contributed by atoms with Gasteiger partial charge in [0.2, 0.25) is 5.62 Å². The molecule has 2 aliphatic heterocycles. The number of ether oxygens (including phenoxy) is 1. The Hall–Kier alpha value is -3.13. The van der Waals surface area contributed by atoms with E-state index >= 15 is 0 Å². The van der Waals surface area contributed by atoms with E-state index in [4.69, 9.17) is 10.1 Å². The molecule has 0 radical (unpaired) electrons. The molecule has 8 heteroatoms. The topological polar surface area (TPSA) is 91.1 Å². The minimum Gasteiger partial charge on any atom is -0.494 e. The molecule has 0 spiro atoms. The summed E-state index contributed by atoms with van der Waals surface area (Å²) in [6.07, 6.45) is 2.81. The van der Waals surface area contributed by atoms with Crippen LogP contribution in [0.4, 0.5) is 5.82 Å². The predicted molar refractivity (Wildman–Crippen MR) is 102 cm³/mol. The molecule has 4 heterocycles. The highest BCUT2D eigenvalue weighted by Gasteiger charge is 2.25. The molecule has 3 aromatic rings. The van der Waals surface area contributed by atoms with Crippen molar-refractivity contribution in [1.82, 2.24) is 19.5 Å². The number of methoxy groups -OCH3 is 1. The summed E-state index contributed by atoms with van der Waals surface area (Å²) in [5.41, 5.74) is 6.71. The van der Waals surface area contributed by atoms with Crippen molar-refractivity contribution in [2.24, 2.45) is 0 Å². The van der Waals surface area contributed by atoms with Crippen LogP contribution < -0.4 is 21.1 Å². The number of nitrogens with zero attached hydrogens (tertiary/aromatic N) is 4. The molecular weight excluding hydrogens is 342 g/mol. The van der Waals surface area contributed by atoms with Gasteiger partial charge in [0.15, 0.2) is 0 Å². The van der Waals surface area contributed by atoms with Crippen LogP contribution in [0.5, 0.6) is 5.75 Å². The van der Waals surface area contributed by atoms with E-state index in [-0.39, 0.29) is 11.8 Å². The lowest BCUT2D eigenvalue weighted by molar-refractivity contribution is 0.275. The molecule has 5 rings (SSSR count). The van der Waals surface area contributed by atoms with Crippen molar-refractivity contribution in [1.29, 1.82) is 5.41 Å². The van der Waals surface area contributed by atoms with Crippen molar-refractivity contribution >= 4 is 16.7 Å². The maximum Gasteiger partial charge on any atom is 0.243 e. The van der Waals surface area contributed by atoms with E-state index in [9.17, 15) is 0 Å². The van der Waals surface area contributed by atoms with E-state index in [0.717, 1.165) is 37.3 Å². The minimum absolute atomic E-state index is 0.0457. The van der Waals surface area contributed by atoms with Gasteiger partial charge in [-0.25, -0.2) is 9.66 Å². The molecule has 27 heavy (non-hydrogen) atoms. The summed E-state index contributed by atoms with van der Waals surface area (Å²) in [7, 11) is 1.62. The second-order valence-electron chi connectivity index (χ2n) is 6.91. The van der Waals surface area contributed by atoms with Gasteiger partial charge >= 0.3 is 0 Å². The Balaban J connectivity index is 1.33. The van der Waals surface area contributed by atoms with E-state index in [0.29, 0.717) is 11.3 Å². The van der Waals surface area contributed by atoms with Gasteiger partial charge in [-0.3, -0.25) is 20.7 Å². The summed E-state index contributed by atoms with van der Waals surface area (Å²) in [5.74, 6) is 1.54. The molecule has 138 valence electrons.